The number of nitriles is 1. The van der Waals surface area contributed by atoms with Crippen LogP contribution in [-0.2, 0) is 24.2 Å². The van der Waals surface area contributed by atoms with Gasteiger partial charge in [0, 0.05) is 11.4 Å². The first-order valence-corrected chi connectivity index (χ1v) is 9.87. The van der Waals surface area contributed by atoms with E-state index in [2.05, 4.69) is 29.8 Å². The smallest absolute Gasteiger partial charge is 0.239 e. The van der Waals surface area contributed by atoms with E-state index in [1.807, 2.05) is 17.3 Å². The number of carbonyl (C=O) groups is 1. The molecule has 3 rings (SSSR count). The average molecular weight is 360 g/mol. The van der Waals surface area contributed by atoms with Gasteiger partial charge >= 0.3 is 0 Å². The molecule has 0 saturated carbocycles. The Morgan fingerprint density at radius 1 is 1.54 bits per heavy atom. The number of rotatable bonds is 5. The van der Waals surface area contributed by atoms with Crippen molar-refractivity contribution in [3.05, 3.63) is 38.4 Å². The highest BCUT2D eigenvalue weighted by Gasteiger charge is 2.24. The monoisotopic (exact) mass is 359 g/mol. The quantitative estimate of drug-likeness (QED) is 0.881. The summed E-state index contributed by atoms with van der Waals surface area (Å²) in [6, 6.07) is 4.37. The van der Waals surface area contributed by atoms with E-state index in [-0.39, 0.29) is 5.91 Å². The number of likely N-dealkylation sites (N-methyl/N-ethyl adjacent to an activating group) is 1. The molecule has 1 aliphatic carbocycles. The number of carbonyl (C=O) groups excluding carboxylic acids is 1. The fraction of sp³-hybridized carbons (Fsp3) is 0.444. The van der Waals surface area contributed by atoms with Crippen molar-refractivity contribution in [3.8, 4) is 6.07 Å². The zero-order valence-electron chi connectivity index (χ0n) is 14.0. The van der Waals surface area contributed by atoms with Crippen LogP contribution in [0, 0.1) is 17.2 Å². The zero-order chi connectivity index (χ0) is 17.1. The van der Waals surface area contributed by atoms with Gasteiger partial charge in [-0.1, -0.05) is 6.92 Å². The number of thiophene rings is 2. The molecule has 0 aromatic carbocycles. The summed E-state index contributed by atoms with van der Waals surface area (Å²) in [5.41, 5.74) is 3.05. The molecular weight excluding hydrogens is 338 g/mol. The molecule has 0 radical (unpaired) electrons. The minimum absolute atomic E-state index is 0.0594. The summed E-state index contributed by atoms with van der Waals surface area (Å²) in [5.74, 6) is 0.596. The van der Waals surface area contributed by atoms with Crippen LogP contribution in [0.2, 0.25) is 0 Å². The summed E-state index contributed by atoms with van der Waals surface area (Å²) in [4.78, 5) is 15.6. The van der Waals surface area contributed by atoms with Crippen molar-refractivity contribution in [1.82, 2.24) is 4.90 Å². The summed E-state index contributed by atoms with van der Waals surface area (Å²) < 4.78 is 0. The number of anilines is 1. The number of hydrogen-bond donors (Lipinski definition) is 1. The molecule has 1 amide bonds. The topological polar surface area (TPSA) is 56.1 Å². The van der Waals surface area contributed by atoms with Gasteiger partial charge in [0.15, 0.2) is 0 Å². The van der Waals surface area contributed by atoms with Gasteiger partial charge in [0.05, 0.1) is 12.1 Å². The lowest BCUT2D eigenvalue weighted by Crippen LogP contribution is -2.29. The van der Waals surface area contributed by atoms with Crippen LogP contribution in [0.15, 0.2) is 16.8 Å². The van der Waals surface area contributed by atoms with Gasteiger partial charge in [-0.25, -0.2) is 0 Å². The van der Waals surface area contributed by atoms with E-state index >= 15 is 0 Å². The standard InChI is InChI=1S/C18H21N3OS2/c1-12-3-4-14-15(8-19)18(24-16(14)7-12)20-17(22)10-21(2)9-13-5-6-23-11-13/h5-6,11-12H,3-4,7,9-10H2,1-2H3,(H,20,22)/t12-/m0/s1. The second-order valence-corrected chi connectivity index (χ2v) is 8.40. The van der Waals surface area contributed by atoms with Gasteiger partial charge in [0.1, 0.15) is 11.1 Å². The van der Waals surface area contributed by atoms with E-state index in [1.165, 1.54) is 10.4 Å². The minimum atomic E-state index is -0.0594. The minimum Gasteiger partial charge on any atom is -0.315 e. The molecule has 2 heterocycles. The summed E-state index contributed by atoms with van der Waals surface area (Å²) in [6.07, 6.45) is 3.08. The summed E-state index contributed by atoms with van der Waals surface area (Å²) in [7, 11) is 1.93. The van der Waals surface area contributed by atoms with Crippen LogP contribution in [0.4, 0.5) is 5.00 Å². The molecule has 0 aliphatic heterocycles. The SMILES string of the molecule is C[C@H]1CCc2c(sc(NC(=O)CN(C)Cc3ccsc3)c2C#N)C1. The normalized spacial score (nSPS) is 16.7. The first kappa shape index (κ1) is 17.2. The Hall–Kier alpha value is -1.68. The van der Waals surface area contributed by atoms with Crippen LogP contribution in [0.1, 0.15) is 34.9 Å². The molecule has 1 atom stereocenters. The van der Waals surface area contributed by atoms with Crippen molar-refractivity contribution in [1.29, 1.82) is 5.26 Å². The van der Waals surface area contributed by atoms with Gasteiger partial charge in [-0.05, 0) is 60.2 Å². The second-order valence-electron chi connectivity index (χ2n) is 6.52. The van der Waals surface area contributed by atoms with Crippen molar-refractivity contribution in [2.24, 2.45) is 5.92 Å². The predicted octanol–water partition coefficient (Wildman–Crippen LogP) is 3.88. The lowest BCUT2D eigenvalue weighted by Gasteiger charge is -2.17. The van der Waals surface area contributed by atoms with Crippen LogP contribution in [0.3, 0.4) is 0 Å². The van der Waals surface area contributed by atoms with Crippen LogP contribution in [0.25, 0.3) is 0 Å². The highest BCUT2D eigenvalue weighted by Crippen LogP contribution is 2.39. The molecule has 0 unspecified atom stereocenters. The van der Waals surface area contributed by atoms with E-state index in [9.17, 15) is 10.1 Å². The molecule has 0 bridgehead atoms. The summed E-state index contributed by atoms with van der Waals surface area (Å²) in [5, 5.41) is 17.3. The van der Waals surface area contributed by atoms with Crippen molar-refractivity contribution in [2.45, 2.75) is 32.7 Å². The van der Waals surface area contributed by atoms with Crippen molar-refractivity contribution >= 4 is 33.6 Å². The number of fused-ring (bicyclic) bond motifs is 1. The van der Waals surface area contributed by atoms with Gasteiger partial charge in [0.25, 0.3) is 0 Å². The van der Waals surface area contributed by atoms with Gasteiger partial charge in [-0.15, -0.1) is 11.3 Å². The van der Waals surface area contributed by atoms with Crippen LogP contribution in [0.5, 0.6) is 0 Å². The third-order valence-electron chi connectivity index (χ3n) is 4.32. The molecule has 6 heteroatoms. The largest absolute Gasteiger partial charge is 0.315 e. The van der Waals surface area contributed by atoms with Crippen LogP contribution >= 0.6 is 22.7 Å². The highest BCUT2D eigenvalue weighted by atomic mass is 32.1. The van der Waals surface area contributed by atoms with Gasteiger partial charge in [-0.2, -0.15) is 16.6 Å². The number of nitrogens with one attached hydrogen (secondary N) is 1. The first-order chi connectivity index (χ1) is 11.6. The molecule has 1 N–H and O–H groups in total. The van der Waals surface area contributed by atoms with Crippen LogP contribution < -0.4 is 5.32 Å². The first-order valence-electron chi connectivity index (χ1n) is 8.11. The Kier molecular flexibility index (Phi) is 5.34. The molecule has 2 aromatic rings. The highest BCUT2D eigenvalue weighted by molar-refractivity contribution is 7.16. The van der Waals surface area contributed by atoms with Crippen molar-refractivity contribution in [2.75, 3.05) is 18.9 Å². The fourth-order valence-corrected chi connectivity index (χ4v) is 5.16. The molecule has 0 fully saturated rings. The van der Waals surface area contributed by atoms with Gasteiger partial charge in [0.2, 0.25) is 5.91 Å². The van der Waals surface area contributed by atoms with E-state index in [0.717, 1.165) is 36.4 Å². The van der Waals surface area contributed by atoms with E-state index in [0.29, 0.717) is 18.0 Å². The predicted molar refractivity (Wildman–Crippen MR) is 99.5 cm³/mol. The molecule has 4 nitrogen and oxygen atoms in total. The Bertz CT molecular complexity index is 758. The molecule has 126 valence electrons. The maximum atomic E-state index is 12.3. The second kappa shape index (κ2) is 7.47. The fourth-order valence-electron chi connectivity index (χ4n) is 3.12. The molecular formula is C18H21N3OS2. The molecule has 24 heavy (non-hydrogen) atoms. The molecule has 2 aromatic heterocycles. The molecule has 0 spiro atoms. The Labute approximate surface area is 150 Å². The third kappa shape index (κ3) is 3.86. The number of amides is 1. The van der Waals surface area contributed by atoms with E-state index < -0.39 is 0 Å². The van der Waals surface area contributed by atoms with Gasteiger partial charge in [-0.3, -0.25) is 9.69 Å². The van der Waals surface area contributed by atoms with Gasteiger partial charge < -0.3 is 5.32 Å². The van der Waals surface area contributed by atoms with E-state index in [4.69, 9.17) is 0 Å². The van der Waals surface area contributed by atoms with Crippen LogP contribution in [-0.4, -0.2) is 24.4 Å². The van der Waals surface area contributed by atoms with Crippen molar-refractivity contribution < 1.29 is 4.79 Å². The van der Waals surface area contributed by atoms with Crippen molar-refractivity contribution in [3.63, 3.8) is 0 Å². The number of nitrogens with zero attached hydrogens (tertiary/aromatic N) is 2. The Morgan fingerprint density at radius 2 is 2.38 bits per heavy atom. The lowest BCUT2D eigenvalue weighted by atomic mass is 9.89. The molecule has 0 saturated heterocycles. The van der Waals surface area contributed by atoms with E-state index in [1.54, 1.807) is 22.7 Å². The summed E-state index contributed by atoms with van der Waals surface area (Å²) >= 11 is 3.24. The molecule has 1 aliphatic rings. The Balaban J connectivity index is 1.65. The lowest BCUT2D eigenvalue weighted by molar-refractivity contribution is -0.117. The average Bonchev–Trinajstić information content (AvgIpc) is 3.13. The number of hydrogen-bond acceptors (Lipinski definition) is 5. The maximum Gasteiger partial charge on any atom is 0.239 e. The third-order valence-corrected chi connectivity index (χ3v) is 6.22. The zero-order valence-corrected chi connectivity index (χ0v) is 15.6. The summed E-state index contributed by atoms with van der Waals surface area (Å²) in [6.45, 7) is 3.31. The Morgan fingerprint density at radius 3 is 3.08 bits per heavy atom. The maximum absolute atomic E-state index is 12.3.